The van der Waals surface area contributed by atoms with Crippen molar-refractivity contribution >= 4 is 11.9 Å². The number of carbonyl (C=O) groups excluding carboxylic acids is 2. The minimum absolute atomic E-state index is 0.0583. The predicted octanol–water partition coefficient (Wildman–Crippen LogP) is 2.87. The van der Waals surface area contributed by atoms with Gasteiger partial charge in [0, 0.05) is 6.54 Å². The Hall–Kier alpha value is -3.30. The number of primary amides is 1. The fraction of sp³-hybridized carbons (Fsp3) is 0.300. The van der Waals surface area contributed by atoms with Crippen LogP contribution in [0.4, 0.5) is 22.4 Å². The van der Waals surface area contributed by atoms with Crippen molar-refractivity contribution in [1.82, 2.24) is 10.6 Å². The minimum atomic E-state index is -4.55. The van der Waals surface area contributed by atoms with Crippen LogP contribution in [0.15, 0.2) is 48.5 Å². The summed E-state index contributed by atoms with van der Waals surface area (Å²) in [7, 11) is 0. The van der Waals surface area contributed by atoms with Gasteiger partial charge in [0.2, 0.25) is 5.91 Å². The van der Waals surface area contributed by atoms with Crippen LogP contribution >= 0.6 is 0 Å². The van der Waals surface area contributed by atoms with Crippen LogP contribution in [0.3, 0.4) is 0 Å². The van der Waals surface area contributed by atoms with Gasteiger partial charge in [0.05, 0.1) is 18.0 Å². The van der Waals surface area contributed by atoms with Crippen LogP contribution in [-0.2, 0) is 17.4 Å². The number of rotatable bonds is 9. The fourth-order valence-corrected chi connectivity index (χ4v) is 2.61. The Bertz CT molecular complexity index is 857. The molecule has 162 valence electrons. The number of halogens is 4. The smallest absolute Gasteiger partial charge is 0.419 e. The van der Waals surface area contributed by atoms with E-state index < -0.39 is 35.4 Å². The van der Waals surface area contributed by atoms with Crippen molar-refractivity contribution < 1.29 is 31.9 Å². The summed E-state index contributed by atoms with van der Waals surface area (Å²) >= 11 is 0. The lowest BCUT2D eigenvalue weighted by Gasteiger charge is -2.16. The first-order valence-electron chi connectivity index (χ1n) is 9.01. The highest BCUT2D eigenvalue weighted by Crippen LogP contribution is 2.35. The number of alkyl halides is 3. The zero-order valence-corrected chi connectivity index (χ0v) is 15.8. The number of nitrogens with two attached hydrogens (primary N) is 1. The van der Waals surface area contributed by atoms with E-state index in [1.807, 2.05) is 0 Å². The first-order valence-corrected chi connectivity index (χ1v) is 9.01. The van der Waals surface area contributed by atoms with Crippen LogP contribution < -0.4 is 21.1 Å². The molecule has 3 amide bonds. The van der Waals surface area contributed by atoms with Gasteiger partial charge in [0.1, 0.15) is 18.2 Å². The molecule has 0 spiro atoms. The molecule has 2 aromatic rings. The number of hydrogen-bond acceptors (Lipinski definition) is 3. The van der Waals surface area contributed by atoms with E-state index in [0.29, 0.717) is 5.56 Å². The molecule has 2 rings (SSSR count). The highest BCUT2D eigenvalue weighted by atomic mass is 19.4. The van der Waals surface area contributed by atoms with E-state index in [1.165, 1.54) is 42.5 Å². The fourth-order valence-electron chi connectivity index (χ4n) is 2.61. The van der Waals surface area contributed by atoms with Crippen molar-refractivity contribution in [3.05, 3.63) is 65.5 Å². The van der Waals surface area contributed by atoms with Gasteiger partial charge >= 0.3 is 12.2 Å². The van der Waals surface area contributed by atoms with E-state index in [-0.39, 0.29) is 31.9 Å². The molecule has 0 radical (unpaired) electrons. The van der Waals surface area contributed by atoms with E-state index in [9.17, 15) is 27.2 Å². The number of amides is 3. The molecule has 0 aromatic heterocycles. The number of ether oxygens (including phenoxy) is 1. The first-order chi connectivity index (χ1) is 14.2. The molecule has 0 bridgehead atoms. The van der Waals surface area contributed by atoms with Crippen LogP contribution in [0.1, 0.15) is 11.1 Å². The summed E-state index contributed by atoms with van der Waals surface area (Å²) in [4.78, 5) is 23.4. The van der Waals surface area contributed by atoms with Gasteiger partial charge < -0.3 is 21.1 Å². The van der Waals surface area contributed by atoms with E-state index in [4.69, 9.17) is 10.5 Å². The Kier molecular flexibility index (Phi) is 8.02. The summed E-state index contributed by atoms with van der Waals surface area (Å²) in [5, 5.41) is 4.89. The summed E-state index contributed by atoms with van der Waals surface area (Å²) < 4.78 is 56.7. The van der Waals surface area contributed by atoms with E-state index in [0.717, 1.165) is 6.07 Å². The standard InChI is InChI=1S/C20H21F4N3O3/c21-15-7-5-13(6-8-15)11-14(18(25)28)12-27-19(29)26-9-10-30-17-4-2-1-3-16(17)20(22,23)24/h1-8,14H,9-12H2,(H2,25,28)(H2,26,27,29). The van der Waals surface area contributed by atoms with E-state index >= 15 is 0 Å². The molecular formula is C20H21F4N3O3. The maximum Gasteiger partial charge on any atom is 0.419 e. The van der Waals surface area contributed by atoms with Crippen LogP contribution in [0.2, 0.25) is 0 Å². The van der Waals surface area contributed by atoms with E-state index in [1.54, 1.807) is 0 Å². The lowest BCUT2D eigenvalue weighted by Crippen LogP contribution is -2.43. The van der Waals surface area contributed by atoms with Gasteiger partial charge in [-0.25, -0.2) is 9.18 Å². The highest BCUT2D eigenvalue weighted by molar-refractivity contribution is 5.79. The average molecular weight is 427 g/mol. The summed E-state index contributed by atoms with van der Waals surface area (Å²) in [5.41, 5.74) is 5.12. The normalized spacial score (nSPS) is 12.1. The van der Waals surface area contributed by atoms with Crippen molar-refractivity contribution in [1.29, 1.82) is 0 Å². The molecule has 1 unspecified atom stereocenters. The molecule has 0 aliphatic carbocycles. The molecule has 30 heavy (non-hydrogen) atoms. The van der Waals surface area contributed by atoms with Crippen molar-refractivity contribution in [3.63, 3.8) is 0 Å². The summed E-state index contributed by atoms with van der Waals surface area (Å²) in [6.07, 6.45) is -4.33. The third-order valence-electron chi connectivity index (χ3n) is 4.14. The molecule has 0 saturated heterocycles. The molecule has 0 heterocycles. The van der Waals surface area contributed by atoms with Crippen LogP contribution in [0.5, 0.6) is 5.75 Å². The second kappa shape index (κ2) is 10.5. The SMILES string of the molecule is NC(=O)C(CNC(=O)NCCOc1ccccc1C(F)(F)F)Cc1ccc(F)cc1. The minimum Gasteiger partial charge on any atom is -0.491 e. The van der Waals surface area contributed by atoms with Crippen molar-refractivity contribution in [2.75, 3.05) is 19.7 Å². The average Bonchev–Trinajstić information content (AvgIpc) is 2.69. The molecular weight excluding hydrogens is 406 g/mol. The van der Waals surface area contributed by atoms with Gasteiger partial charge in [-0.05, 0) is 36.2 Å². The summed E-state index contributed by atoms with van der Waals surface area (Å²) in [6, 6.07) is 9.67. The zero-order valence-electron chi connectivity index (χ0n) is 15.8. The zero-order chi connectivity index (χ0) is 22.1. The van der Waals surface area contributed by atoms with Gasteiger partial charge in [0.25, 0.3) is 0 Å². The number of para-hydroxylation sites is 1. The second-order valence-corrected chi connectivity index (χ2v) is 6.41. The molecule has 6 nitrogen and oxygen atoms in total. The van der Waals surface area contributed by atoms with Crippen LogP contribution in [-0.4, -0.2) is 31.6 Å². The maximum atomic E-state index is 13.0. The molecule has 10 heteroatoms. The lowest BCUT2D eigenvalue weighted by molar-refractivity contribution is -0.139. The Morgan fingerprint density at radius 3 is 2.33 bits per heavy atom. The monoisotopic (exact) mass is 427 g/mol. The number of hydrogen-bond donors (Lipinski definition) is 3. The number of urea groups is 1. The Labute approximate surface area is 170 Å². The molecule has 0 aliphatic heterocycles. The lowest BCUT2D eigenvalue weighted by atomic mass is 9.98. The molecule has 4 N–H and O–H groups in total. The third kappa shape index (κ3) is 7.26. The van der Waals surface area contributed by atoms with Crippen LogP contribution in [0, 0.1) is 11.7 Å². The summed E-state index contributed by atoms with van der Waals surface area (Å²) in [6.45, 7) is -0.303. The molecule has 2 aromatic carbocycles. The van der Waals surface area contributed by atoms with Crippen molar-refractivity contribution in [3.8, 4) is 5.75 Å². The Morgan fingerprint density at radius 2 is 1.70 bits per heavy atom. The largest absolute Gasteiger partial charge is 0.491 e. The highest BCUT2D eigenvalue weighted by Gasteiger charge is 2.33. The number of carbonyl (C=O) groups is 2. The van der Waals surface area contributed by atoms with Crippen molar-refractivity contribution in [2.24, 2.45) is 11.7 Å². The predicted molar refractivity (Wildman–Crippen MR) is 101 cm³/mol. The third-order valence-corrected chi connectivity index (χ3v) is 4.14. The number of benzene rings is 2. The topological polar surface area (TPSA) is 93.5 Å². The van der Waals surface area contributed by atoms with Gasteiger partial charge in [-0.2, -0.15) is 13.2 Å². The van der Waals surface area contributed by atoms with E-state index in [2.05, 4.69) is 10.6 Å². The second-order valence-electron chi connectivity index (χ2n) is 6.41. The van der Waals surface area contributed by atoms with Gasteiger partial charge in [0.15, 0.2) is 0 Å². The Balaban J connectivity index is 1.76. The van der Waals surface area contributed by atoms with Gasteiger partial charge in [-0.15, -0.1) is 0 Å². The molecule has 0 saturated carbocycles. The molecule has 1 atom stereocenters. The maximum absolute atomic E-state index is 13.0. The molecule has 0 aliphatic rings. The van der Waals surface area contributed by atoms with Gasteiger partial charge in [-0.3, -0.25) is 4.79 Å². The quantitative estimate of drug-likeness (QED) is 0.424. The first kappa shape index (κ1) is 23.0. The van der Waals surface area contributed by atoms with Crippen molar-refractivity contribution in [2.45, 2.75) is 12.6 Å². The molecule has 0 fully saturated rings. The van der Waals surface area contributed by atoms with Gasteiger partial charge in [-0.1, -0.05) is 24.3 Å². The summed E-state index contributed by atoms with van der Waals surface area (Å²) in [5.74, 6) is -2.09. The Morgan fingerprint density at radius 1 is 1.03 bits per heavy atom. The van der Waals surface area contributed by atoms with Crippen LogP contribution in [0.25, 0.3) is 0 Å². The number of nitrogens with one attached hydrogen (secondary N) is 2.